The van der Waals surface area contributed by atoms with E-state index in [1.807, 2.05) is 30.3 Å². The number of hydrogen-bond donors (Lipinski definition) is 2. The van der Waals surface area contributed by atoms with Crippen molar-refractivity contribution in [2.24, 2.45) is 0 Å². The second kappa shape index (κ2) is 9.62. The first-order valence-electron chi connectivity index (χ1n) is 5.69. The van der Waals surface area contributed by atoms with Crippen LogP contribution in [0.15, 0.2) is 30.3 Å². The summed E-state index contributed by atoms with van der Waals surface area (Å²) < 4.78 is 48.6. The van der Waals surface area contributed by atoms with Crippen molar-refractivity contribution in [3.63, 3.8) is 0 Å². The number of alkyl carbamates (subject to hydrolysis) is 1. The smallest absolute Gasteiger partial charge is 0.450 e. The summed E-state index contributed by atoms with van der Waals surface area (Å²) in [6.45, 7) is 0.379. The van der Waals surface area contributed by atoms with Crippen LogP contribution in [-0.4, -0.2) is 32.9 Å². The number of benzene rings is 1. The second-order valence-electron chi connectivity index (χ2n) is 3.58. The van der Waals surface area contributed by atoms with Crippen molar-refractivity contribution in [2.75, 3.05) is 13.7 Å². The van der Waals surface area contributed by atoms with Gasteiger partial charge in [-0.3, -0.25) is 0 Å². The molecular weight excluding hydrogens is 295 g/mol. The molecule has 3 N–H and O–H groups in total. The van der Waals surface area contributed by atoms with Crippen LogP contribution in [0.4, 0.5) is 22.1 Å². The molecule has 0 spiro atoms. The van der Waals surface area contributed by atoms with Crippen molar-refractivity contribution in [3.8, 4) is 0 Å². The number of methoxy groups -OCH3 is 1. The number of halogens is 4. The van der Waals surface area contributed by atoms with E-state index in [1.165, 1.54) is 7.11 Å². The number of carbonyl (C=O) groups is 1. The molecule has 0 aliphatic heterocycles. The Hall–Kier alpha value is -2.26. The van der Waals surface area contributed by atoms with Gasteiger partial charge in [-0.15, -0.1) is 0 Å². The minimum atomic E-state index is -6.00. The zero-order valence-electron chi connectivity index (χ0n) is 11.2. The van der Waals surface area contributed by atoms with Crippen LogP contribution in [0.2, 0.25) is 0 Å². The number of nitrogens with one attached hydrogen (secondary N) is 1. The highest BCUT2D eigenvalue weighted by Gasteiger charge is 2.20. The number of ether oxygens (including phenoxy) is 2. The van der Waals surface area contributed by atoms with E-state index < -0.39 is 13.3 Å². The summed E-state index contributed by atoms with van der Waals surface area (Å²) in [4.78, 5) is 11.2. The van der Waals surface area contributed by atoms with Gasteiger partial charge in [0.1, 0.15) is 13.2 Å². The maximum Gasteiger partial charge on any atom is 0.673 e. The molecule has 0 aliphatic carbocycles. The number of amides is 1. The van der Waals surface area contributed by atoms with Crippen molar-refractivity contribution in [2.45, 2.75) is 6.61 Å². The molecule has 1 aromatic rings. The first-order chi connectivity index (χ1) is 9.72. The topological polar surface area (TPSA) is 73.2 Å². The third kappa shape index (κ3) is 14.0. The molecule has 5 nitrogen and oxygen atoms in total. The molecular formula is C11H15BF4N2O3. The molecule has 118 valence electrons. The lowest BCUT2D eigenvalue weighted by Gasteiger charge is -2.05. The van der Waals surface area contributed by atoms with Crippen LogP contribution in [-0.2, 0) is 16.1 Å². The Labute approximate surface area is 118 Å². The summed E-state index contributed by atoms with van der Waals surface area (Å²) in [6, 6.07) is 9.42. The second-order valence-corrected chi connectivity index (χ2v) is 3.58. The molecule has 0 fully saturated rings. The fourth-order valence-electron chi connectivity index (χ4n) is 1.01. The van der Waals surface area contributed by atoms with E-state index in [4.69, 9.17) is 10.1 Å². The van der Waals surface area contributed by atoms with Gasteiger partial charge in [0.25, 0.3) is 0 Å². The van der Waals surface area contributed by atoms with Crippen LogP contribution in [0.1, 0.15) is 5.56 Å². The first kappa shape index (κ1) is 18.7. The lowest BCUT2D eigenvalue weighted by atomic mass is 10.2. The highest BCUT2D eigenvalue weighted by atomic mass is 19.5. The van der Waals surface area contributed by atoms with Gasteiger partial charge in [0, 0.05) is 0 Å². The summed E-state index contributed by atoms with van der Waals surface area (Å²) in [5.74, 6) is 0.233. The summed E-state index contributed by atoms with van der Waals surface area (Å²) in [5, 5.41) is 7.81. The molecule has 0 bridgehead atoms. The molecule has 1 amide bonds. The van der Waals surface area contributed by atoms with Gasteiger partial charge < -0.3 is 32.1 Å². The van der Waals surface area contributed by atoms with Gasteiger partial charge in [0.2, 0.25) is 0 Å². The molecule has 0 heterocycles. The van der Waals surface area contributed by atoms with Gasteiger partial charge in [-0.2, -0.15) is 0 Å². The minimum Gasteiger partial charge on any atom is -0.450 e. The highest BCUT2D eigenvalue weighted by molar-refractivity contribution is 6.50. The Morgan fingerprint density at radius 1 is 1.24 bits per heavy atom. The van der Waals surface area contributed by atoms with Crippen LogP contribution >= 0.6 is 0 Å². The average molecular weight is 310 g/mol. The van der Waals surface area contributed by atoms with Crippen LogP contribution in [0.3, 0.4) is 0 Å². The van der Waals surface area contributed by atoms with Gasteiger partial charge >= 0.3 is 19.2 Å². The number of rotatable bonds is 4. The fraction of sp³-hybridized carbons (Fsp3) is 0.273. The maximum atomic E-state index is 11.2. The summed E-state index contributed by atoms with van der Waals surface area (Å²) in [6.07, 6.45) is -0.524. The zero-order chi connectivity index (χ0) is 16.3. The van der Waals surface area contributed by atoms with Crippen molar-refractivity contribution in [1.82, 2.24) is 5.32 Å². The number of carbonyl (C=O) groups excluding carboxylic acids is 1. The molecule has 0 saturated carbocycles. The standard InChI is InChI=1S/C11H14N2O3.BF4/c1-15-10(12)7-13-11(14)16-8-9-5-3-2-4-6-9;2-1(3,4)5/h2-6,12H,7-8H2,1H3,(H,13,14);/q;-1/p+1. The minimum absolute atomic E-state index is 0.143. The number of hydrogen-bond acceptors (Lipinski definition) is 3. The summed E-state index contributed by atoms with van der Waals surface area (Å²) >= 11 is 0. The molecule has 1 aromatic carbocycles. The molecule has 0 saturated heterocycles. The Bertz CT molecular complexity index is 437. The van der Waals surface area contributed by atoms with Crippen LogP contribution in [0.25, 0.3) is 0 Å². The Kier molecular flexibility index (Phi) is 8.58. The third-order valence-electron chi connectivity index (χ3n) is 1.88. The predicted octanol–water partition coefficient (Wildman–Crippen LogP) is 1.02. The zero-order valence-corrected chi connectivity index (χ0v) is 11.2. The van der Waals surface area contributed by atoms with Crippen LogP contribution in [0, 0.1) is 0 Å². The van der Waals surface area contributed by atoms with E-state index >= 15 is 0 Å². The van der Waals surface area contributed by atoms with E-state index in [-0.39, 0.29) is 19.0 Å². The monoisotopic (exact) mass is 310 g/mol. The Morgan fingerprint density at radius 2 is 1.76 bits per heavy atom. The molecule has 21 heavy (non-hydrogen) atoms. The Balaban J connectivity index is 0.000000690. The molecule has 10 heteroatoms. The van der Waals surface area contributed by atoms with E-state index in [0.717, 1.165) is 5.56 Å². The summed E-state index contributed by atoms with van der Waals surface area (Å²) in [7, 11) is -4.56. The largest absolute Gasteiger partial charge is 0.673 e. The maximum absolute atomic E-state index is 11.2. The SMILES string of the molecule is COC(=[NH2+])CNC(=O)OCc1ccccc1.F[B-](F)(F)F. The van der Waals surface area contributed by atoms with Crippen LogP contribution in [0.5, 0.6) is 0 Å². The molecule has 1 rings (SSSR count). The molecule has 0 unspecified atom stereocenters. The van der Waals surface area contributed by atoms with Gasteiger partial charge in [-0.05, 0) is 5.56 Å². The average Bonchev–Trinajstić information content (AvgIpc) is 2.41. The third-order valence-corrected chi connectivity index (χ3v) is 1.88. The molecule has 0 atom stereocenters. The molecule has 0 radical (unpaired) electrons. The quantitative estimate of drug-likeness (QED) is 0.377. The van der Waals surface area contributed by atoms with Crippen LogP contribution < -0.4 is 10.7 Å². The van der Waals surface area contributed by atoms with E-state index in [0.29, 0.717) is 0 Å². The van der Waals surface area contributed by atoms with Crippen molar-refractivity contribution in [1.29, 1.82) is 0 Å². The first-order valence-corrected chi connectivity index (χ1v) is 5.69. The van der Waals surface area contributed by atoms with Crippen molar-refractivity contribution >= 4 is 19.2 Å². The molecule has 0 aliphatic rings. The van der Waals surface area contributed by atoms with Gasteiger partial charge in [0.05, 0.1) is 7.11 Å². The Morgan fingerprint density at radius 3 is 2.24 bits per heavy atom. The van der Waals surface area contributed by atoms with E-state index in [2.05, 4.69) is 10.1 Å². The molecule has 0 aromatic heterocycles. The summed E-state index contributed by atoms with van der Waals surface area (Å²) in [5.41, 5.74) is 0.932. The highest BCUT2D eigenvalue weighted by Crippen LogP contribution is 2.06. The van der Waals surface area contributed by atoms with E-state index in [9.17, 15) is 22.1 Å². The van der Waals surface area contributed by atoms with Gasteiger partial charge in [0.15, 0.2) is 0 Å². The fourth-order valence-corrected chi connectivity index (χ4v) is 1.01. The lowest BCUT2D eigenvalue weighted by Crippen LogP contribution is -2.47. The van der Waals surface area contributed by atoms with Crippen molar-refractivity contribution < 1.29 is 36.9 Å². The predicted molar refractivity (Wildman–Crippen MR) is 68.8 cm³/mol. The normalized spacial score (nSPS) is 9.95. The van der Waals surface area contributed by atoms with E-state index in [1.54, 1.807) is 0 Å². The number of nitrogens with two attached hydrogens (primary N) is 1. The lowest BCUT2D eigenvalue weighted by molar-refractivity contribution is -0.139. The van der Waals surface area contributed by atoms with Gasteiger partial charge in [-0.1, -0.05) is 30.3 Å². The van der Waals surface area contributed by atoms with Crippen molar-refractivity contribution in [3.05, 3.63) is 35.9 Å². The van der Waals surface area contributed by atoms with Gasteiger partial charge in [-0.25, -0.2) is 10.2 Å².